The van der Waals surface area contributed by atoms with E-state index in [1.54, 1.807) is 30.3 Å². The van der Waals surface area contributed by atoms with Gasteiger partial charge >= 0.3 is 0 Å². The second-order valence-electron chi connectivity index (χ2n) is 8.77. The molecule has 1 aliphatic carbocycles. The number of carbonyl (C=O) groups excluding carboxylic acids is 2. The number of sulfonamides is 1. The van der Waals surface area contributed by atoms with Crippen molar-refractivity contribution in [1.82, 2.24) is 24.4 Å². The Morgan fingerprint density at radius 2 is 2.03 bits per heavy atom. The lowest BCUT2D eigenvalue weighted by Gasteiger charge is -2.39. The van der Waals surface area contributed by atoms with Gasteiger partial charge in [0.25, 0.3) is 0 Å². The number of thiazole rings is 1. The SMILES string of the molecule is Cc1n[nH]c(C)c1S(=O)(=O)N1CCN([C@@H](CC2CCCCC2)C(=O)Nc2nccs2)C(=O)C1. The molecule has 12 heteroatoms. The van der Waals surface area contributed by atoms with Gasteiger partial charge in [-0.1, -0.05) is 32.1 Å². The van der Waals surface area contributed by atoms with Crippen LogP contribution in [0.15, 0.2) is 16.5 Å². The van der Waals surface area contributed by atoms with Crippen LogP contribution in [-0.2, 0) is 19.6 Å². The van der Waals surface area contributed by atoms with Crippen LogP contribution in [0.5, 0.6) is 0 Å². The van der Waals surface area contributed by atoms with Gasteiger partial charge in [-0.3, -0.25) is 14.7 Å². The van der Waals surface area contributed by atoms with E-state index in [-0.39, 0.29) is 36.3 Å². The second-order valence-corrected chi connectivity index (χ2v) is 11.5. The number of nitrogens with zero attached hydrogens (tertiary/aromatic N) is 4. The third-order valence-corrected chi connectivity index (χ3v) is 9.30. The summed E-state index contributed by atoms with van der Waals surface area (Å²) in [4.78, 5) is 32.2. The summed E-state index contributed by atoms with van der Waals surface area (Å²) in [5.41, 5.74) is 0.820. The normalized spacial score (nSPS) is 19.6. The van der Waals surface area contributed by atoms with Crippen LogP contribution in [0.3, 0.4) is 0 Å². The highest BCUT2D eigenvalue weighted by atomic mass is 32.2. The average Bonchev–Trinajstić information content (AvgIpc) is 3.42. The first-order chi connectivity index (χ1) is 15.8. The predicted octanol–water partition coefficient (Wildman–Crippen LogP) is 2.29. The smallest absolute Gasteiger partial charge is 0.248 e. The molecule has 2 amide bonds. The van der Waals surface area contributed by atoms with E-state index in [9.17, 15) is 18.0 Å². The molecule has 2 aromatic heterocycles. The number of aromatic nitrogens is 3. The molecule has 1 aliphatic heterocycles. The number of rotatable bonds is 7. The maximum absolute atomic E-state index is 13.2. The Labute approximate surface area is 197 Å². The van der Waals surface area contributed by atoms with Gasteiger partial charge in [0.2, 0.25) is 21.8 Å². The minimum Gasteiger partial charge on any atom is -0.328 e. The van der Waals surface area contributed by atoms with E-state index in [1.807, 2.05) is 0 Å². The Hall–Kier alpha value is -2.31. The summed E-state index contributed by atoms with van der Waals surface area (Å²) in [6.45, 7) is 3.27. The molecule has 1 saturated carbocycles. The molecular formula is C21H30N6O4S2. The largest absolute Gasteiger partial charge is 0.328 e. The fourth-order valence-corrected chi connectivity index (χ4v) is 7.08. The Kier molecular flexibility index (Phi) is 7.15. The highest BCUT2D eigenvalue weighted by molar-refractivity contribution is 7.89. The Balaban J connectivity index is 1.51. The molecule has 33 heavy (non-hydrogen) atoms. The van der Waals surface area contributed by atoms with Crippen LogP contribution in [0.1, 0.15) is 49.9 Å². The van der Waals surface area contributed by atoms with Crippen molar-refractivity contribution in [3.8, 4) is 0 Å². The van der Waals surface area contributed by atoms with Crippen molar-refractivity contribution in [1.29, 1.82) is 0 Å². The van der Waals surface area contributed by atoms with Crippen LogP contribution < -0.4 is 5.32 Å². The first-order valence-corrected chi connectivity index (χ1v) is 13.6. The molecule has 10 nitrogen and oxygen atoms in total. The Morgan fingerprint density at radius 3 is 2.64 bits per heavy atom. The molecule has 0 bridgehead atoms. The van der Waals surface area contributed by atoms with Gasteiger partial charge in [-0.05, 0) is 26.2 Å². The number of nitrogens with one attached hydrogen (secondary N) is 2. The van der Waals surface area contributed by atoms with E-state index in [1.165, 1.54) is 22.1 Å². The number of H-pyrrole nitrogens is 1. The summed E-state index contributed by atoms with van der Waals surface area (Å²) in [6, 6.07) is -0.647. The van der Waals surface area contributed by atoms with Crippen molar-refractivity contribution in [3.63, 3.8) is 0 Å². The number of piperazine rings is 1. The van der Waals surface area contributed by atoms with Crippen molar-refractivity contribution >= 4 is 38.3 Å². The van der Waals surface area contributed by atoms with Crippen LogP contribution in [0.2, 0.25) is 0 Å². The van der Waals surface area contributed by atoms with Gasteiger partial charge in [-0.2, -0.15) is 9.40 Å². The van der Waals surface area contributed by atoms with Gasteiger partial charge in [-0.25, -0.2) is 13.4 Å². The van der Waals surface area contributed by atoms with Crippen molar-refractivity contribution in [3.05, 3.63) is 23.0 Å². The topological polar surface area (TPSA) is 128 Å². The lowest BCUT2D eigenvalue weighted by atomic mass is 9.84. The van der Waals surface area contributed by atoms with Crippen LogP contribution in [0, 0.1) is 19.8 Å². The number of hydrogen-bond acceptors (Lipinski definition) is 7. The number of anilines is 1. The molecule has 2 aromatic rings. The fraction of sp³-hybridized carbons (Fsp3) is 0.619. The molecule has 1 atom stereocenters. The molecule has 0 spiro atoms. The summed E-state index contributed by atoms with van der Waals surface area (Å²) in [5.74, 6) is -0.253. The summed E-state index contributed by atoms with van der Waals surface area (Å²) >= 11 is 1.32. The van der Waals surface area contributed by atoms with Gasteiger partial charge in [-0.15, -0.1) is 11.3 Å². The van der Waals surface area contributed by atoms with E-state index >= 15 is 0 Å². The third kappa shape index (κ3) is 5.12. The van der Waals surface area contributed by atoms with E-state index in [0.29, 0.717) is 28.9 Å². The van der Waals surface area contributed by atoms with E-state index in [0.717, 1.165) is 25.7 Å². The fourth-order valence-electron chi connectivity index (χ4n) is 4.84. The molecule has 0 unspecified atom stereocenters. The highest BCUT2D eigenvalue weighted by Crippen LogP contribution is 2.30. The predicted molar refractivity (Wildman–Crippen MR) is 124 cm³/mol. The van der Waals surface area contributed by atoms with Crippen molar-refractivity contribution in [2.45, 2.75) is 63.3 Å². The maximum atomic E-state index is 13.2. The standard InChI is InChI=1S/C21H30N6O4S2/c1-14-19(15(2)25-24-14)33(30,31)26-9-10-27(18(28)13-26)17(12-16-6-4-3-5-7-16)20(29)23-21-22-8-11-32-21/h8,11,16-17H,3-7,9-10,12-13H2,1-2H3,(H,24,25)(H,22,23,29)/t17-/m0/s1. The number of carbonyl (C=O) groups is 2. The first-order valence-electron chi connectivity index (χ1n) is 11.3. The number of aryl methyl sites for hydroxylation is 2. The summed E-state index contributed by atoms with van der Waals surface area (Å²) in [7, 11) is -3.87. The molecular weight excluding hydrogens is 464 g/mol. The lowest BCUT2D eigenvalue weighted by molar-refractivity contribution is -0.142. The minimum atomic E-state index is -3.87. The zero-order valence-electron chi connectivity index (χ0n) is 18.9. The van der Waals surface area contributed by atoms with Crippen molar-refractivity contribution in [2.24, 2.45) is 5.92 Å². The summed E-state index contributed by atoms with van der Waals surface area (Å²) < 4.78 is 27.6. The Bertz CT molecular complexity index is 1070. The summed E-state index contributed by atoms with van der Waals surface area (Å²) in [6.07, 6.45) is 7.75. The molecule has 3 heterocycles. The zero-order valence-corrected chi connectivity index (χ0v) is 20.5. The molecule has 1 saturated heterocycles. The monoisotopic (exact) mass is 494 g/mol. The van der Waals surface area contributed by atoms with Crippen LogP contribution in [-0.4, -0.2) is 70.3 Å². The van der Waals surface area contributed by atoms with Crippen LogP contribution >= 0.6 is 11.3 Å². The van der Waals surface area contributed by atoms with Gasteiger partial charge in [0, 0.05) is 24.7 Å². The zero-order chi connectivity index (χ0) is 23.6. The Morgan fingerprint density at radius 1 is 1.27 bits per heavy atom. The maximum Gasteiger partial charge on any atom is 0.248 e. The molecule has 180 valence electrons. The third-order valence-electron chi connectivity index (χ3n) is 6.50. The summed E-state index contributed by atoms with van der Waals surface area (Å²) in [5, 5.41) is 11.8. The van der Waals surface area contributed by atoms with Crippen molar-refractivity contribution in [2.75, 3.05) is 25.0 Å². The molecule has 0 aromatic carbocycles. The average molecular weight is 495 g/mol. The van der Waals surface area contributed by atoms with E-state index in [4.69, 9.17) is 0 Å². The van der Waals surface area contributed by atoms with Crippen LogP contribution in [0.25, 0.3) is 0 Å². The van der Waals surface area contributed by atoms with Crippen molar-refractivity contribution < 1.29 is 18.0 Å². The molecule has 2 fully saturated rings. The van der Waals surface area contributed by atoms with Gasteiger partial charge in [0.15, 0.2) is 5.13 Å². The number of hydrogen-bond donors (Lipinski definition) is 2. The second kappa shape index (κ2) is 9.90. The van der Waals surface area contributed by atoms with E-state index < -0.39 is 16.1 Å². The molecule has 2 aliphatic rings. The number of amides is 2. The van der Waals surface area contributed by atoms with Gasteiger partial charge in [0.05, 0.1) is 17.9 Å². The molecule has 0 radical (unpaired) electrons. The quantitative estimate of drug-likeness (QED) is 0.608. The van der Waals surface area contributed by atoms with Gasteiger partial charge in [0.1, 0.15) is 10.9 Å². The first kappa shape index (κ1) is 23.8. The molecule has 2 N–H and O–H groups in total. The van der Waals surface area contributed by atoms with E-state index in [2.05, 4.69) is 20.5 Å². The minimum absolute atomic E-state index is 0.115. The highest BCUT2D eigenvalue weighted by Gasteiger charge is 2.40. The molecule has 4 rings (SSSR count). The van der Waals surface area contributed by atoms with Crippen LogP contribution in [0.4, 0.5) is 5.13 Å². The number of aromatic amines is 1. The lowest BCUT2D eigenvalue weighted by Crippen LogP contribution is -2.58. The van der Waals surface area contributed by atoms with Gasteiger partial charge < -0.3 is 10.2 Å².